The van der Waals surface area contributed by atoms with Crippen molar-refractivity contribution in [2.24, 2.45) is 5.73 Å². The van der Waals surface area contributed by atoms with Gasteiger partial charge in [-0.3, -0.25) is 0 Å². The average Bonchev–Trinajstić information content (AvgIpc) is 2.82. The molecule has 5 nitrogen and oxygen atoms in total. The number of nitrogens with one attached hydrogen (secondary N) is 1. The molecule has 106 valence electrons. The number of anilines is 1. The number of halogens is 1. The molecule has 2 aromatic carbocycles. The minimum atomic E-state index is 0.391. The maximum atomic E-state index is 5.89. The summed E-state index contributed by atoms with van der Waals surface area (Å²) in [6.45, 7) is 5.62. The predicted molar refractivity (Wildman–Crippen MR) is 85.6 cm³/mol. The molecule has 21 heavy (non-hydrogen) atoms. The number of hydrogen-bond donors (Lipinski definition) is 2. The van der Waals surface area contributed by atoms with Crippen molar-refractivity contribution < 1.29 is 0 Å². The Morgan fingerprint density at radius 2 is 1.81 bits per heavy atom. The van der Waals surface area contributed by atoms with E-state index in [4.69, 9.17) is 17.3 Å². The van der Waals surface area contributed by atoms with E-state index in [2.05, 4.69) is 22.1 Å². The molecule has 0 radical (unpaired) electrons. The van der Waals surface area contributed by atoms with Crippen LogP contribution in [0.1, 0.15) is 5.56 Å². The zero-order valence-electron chi connectivity index (χ0n) is 11.5. The number of benzene rings is 2. The van der Waals surface area contributed by atoms with E-state index in [-0.39, 0.29) is 0 Å². The number of nitrogens with two attached hydrogens (primary N) is 1. The van der Waals surface area contributed by atoms with Gasteiger partial charge in [-0.15, -0.1) is 10.2 Å². The molecule has 0 aliphatic carbocycles. The Kier molecular flexibility index (Phi) is 3.27. The molecule has 0 amide bonds. The van der Waals surface area contributed by atoms with Crippen molar-refractivity contribution in [2.45, 2.75) is 6.92 Å². The summed E-state index contributed by atoms with van der Waals surface area (Å²) in [6.07, 6.45) is 0. The van der Waals surface area contributed by atoms with Crippen LogP contribution < -0.4 is 11.1 Å². The molecule has 1 heterocycles. The number of aromatic nitrogens is 3. The summed E-state index contributed by atoms with van der Waals surface area (Å²) < 4.78 is 0. The molecule has 0 aliphatic heterocycles. The maximum absolute atomic E-state index is 5.89. The fraction of sp³-hybridized carbons (Fsp3) is 0.0667. The van der Waals surface area contributed by atoms with Crippen molar-refractivity contribution in [1.29, 1.82) is 0 Å². The summed E-state index contributed by atoms with van der Waals surface area (Å²) in [5, 5.41) is 12.6. The fourth-order valence-electron chi connectivity index (χ4n) is 2.07. The third kappa shape index (κ3) is 2.68. The van der Waals surface area contributed by atoms with Crippen LogP contribution in [0.25, 0.3) is 16.7 Å². The average molecular weight is 300 g/mol. The van der Waals surface area contributed by atoms with Gasteiger partial charge in [-0.25, -0.2) is 0 Å². The molecule has 0 saturated heterocycles. The number of hydrogen-bond acceptors (Lipinski definition) is 4. The van der Waals surface area contributed by atoms with Gasteiger partial charge in [0.1, 0.15) is 11.0 Å². The number of fused-ring (bicyclic) bond motifs is 1. The second-order valence-electron chi connectivity index (χ2n) is 4.77. The van der Waals surface area contributed by atoms with E-state index in [0.717, 1.165) is 28.0 Å². The molecule has 0 spiro atoms. The van der Waals surface area contributed by atoms with Crippen LogP contribution in [0.3, 0.4) is 0 Å². The van der Waals surface area contributed by atoms with Crippen LogP contribution in [0.5, 0.6) is 0 Å². The standard InChI is InChI=1S/C15H14ClN5/c1-9-7-14-15(8-13(9)18-10(2)17)20-21(19-14)12-5-3-11(16)4-6-12/h3-8,18H,2,17H2,1H3. The highest BCUT2D eigenvalue weighted by atomic mass is 35.5. The van der Waals surface area contributed by atoms with Crippen molar-refractivity contribution >= 4 is 28.3 Å². The lowest BCUT2D eigenvalue weighted by atomic mass is 10.2. The number of nitrogens with zero attached hydrogens (tertiary/aromatic N) is 3. The molecular formula is C15H14ClN5. The molecule has 0 fully saturated rings. The van der Waals surface area contributed by atoms with E-state index in [1.165, 1.54) is 0 Å². The molecule has 0 atom stereocenters. The Balaban J connectivity index is 2.07. The SMILES string of the molecule is C=C(N)Nc1cc2nn(-c3ccc(Cl)cc3)nc2cc1C. The van der Waals surface area contributed by atoms with Crippen molar-refractivity contribution in [1.82, 2.24) is 15.0 Å². The molecule has 3 rings (SSSR count). The molecule has 0 unspecified atom stereocenters. The lowest BCUT2D eigenvalue weighted by Gasteiger charge is -2.07. The van der Waals surface area contributed by atoms with Crippen molar-refractivity contribution in [2.75, 3.05) is 5.32 Å². The quantitative estimate of drug-likeness (QED) is 0.779. The molecular weight excluding hydrogens is 286 g/mol. The predicted octanol–water partition coefficient (Wildman–Crippen LogP) is 3.22. The highest BCUT2D eigenvalue weighted by Gasteiger charge is 2.08. The molecule has 1 aromatic heterocycles. The van der Waals surface area contributed by atoms with E-state index in [0.29, 0.717) is 10.8 Å². The Morgan fingerprint density at radius 3 is 2.43 bits per heavy atom. The van der Waals surface area contributed by atoms with E-state index in [1.807, 2.05) is 43.3 Å². The van der Waals surface area contributed by atoms with E-state index < -0.39 is 0 Å². The van der Waals surface area contributed by atoms with Crippen LogP contribution in [0.15, 0.2) is 48.8 Å². The summed E-state index contributed by atoms with van der Waals surface area (Å²) in [6, 6.07) is 11.2. The normalized spacial score (nSPS) is 10.8. The van der Waals surface area contributed by atoms with E-state index >= 15 is 0 Å². The van der Waals surface area contributed by atoms with E-state index in [1.54, 1.807) is 4.80 Å². The minimum Gasteiger partial charge on any atom is -0.386 e. The first kappa shape index (κ1) is 13.5. The second kappa shape index (κ2) is 5.10. The Bertz CT molecular complexity index is 820. The third-order valence-corrected chi connectivity index (χ3v) is 3.33. The summed E-state index contributed by atoms with van der Waals surface area (Å²) in [4.78, 5) is 1.58. The zero-order chi connectivity index (χ0) is 15.0. The van der Waals surface area contributed by atoms with Gasteiger partial charge >= 0.3 is 0 Å². The van der Waals surface area contributed by atoms with Crippen molar-refractivity contribution in [3.63, 3.8) is 0 Å². The summed E-state index contributed by atoms with van der Waals surface area (Å²) in [5.41, 5.74) is 9.93. The van der Waals surface area contributed by atoms with Gasteiger partial charge in [0.05, 0.1) is 11.5 Å². The second-order valence-corrected chi connectivity index (χ2v) is 5.21. The summed E-state index contributed by atoms with van der Waals surface area (Å²) in [7, 11) is 0. The zero-order valence-corrected chi connectivity index (χ0v) is 12.2. The molecule has 3 N–H and O–H groups in total. The van der Waals surface area contributed by atoms with Gasteiger partial charge in [0, 0.05) is 10.7 Å². The summed E-state index contributed by atoms with van der Waals surface area (Å²) in [5.74, 6) is 0.391. The highest BCUT2D eigenvalue weighted by molar-refractivity contribution is 6.30. The highest BCUT2D eigenvalue weighted by Crippen LogP contribution is 2.22. The van der Waals surface area contributed by atoms with Gasteiger partial charge < -0.3 is 11.1 Å². The van der Waals surface area contributed by atoms with Gasteiger partial charge in [-0.2, -0.15) is 4.80 Å². The molecule has 6 heteroatoms. The Hall–Kier alpha value is -2.53. The van der Waals surface area contributed by atoms with Gasteiger partial charge in [0.25, 0.3) is 0 Å². The van der Waals surface area contributed by atoms with Crippen LogP contribution in [0.4, 0.5) is 5.69 Å². The smallest absolute Gasteiger partial charge is 0.115 e. The summed E-state index contributed by atoms with van der Waals surface area (Å²) >= 11 is 5.89. The van der Waals surface area contributed by atoms with Gasteiger partial charge in [-0.1, -0.05) is 18.2 Å². The van der Waals surface area contributed by atoms with Crippen LogP contribution in [0, 0.1) is 6.92 Å². The first-order valence-corrected chi connectivity index (χ1v) is 6.76. The lowest BCUT2D eigenvalue weighted by molar-refractivity contribution is 0.766. The fourth-order valence-corrected chi connectivity index (χ4v) is 2.19. The topological polar surface area (TPSA) is 68.8 Å². The van der Waals surface area contributed by atoms with Crippen LogP contribution in [-0.2, 0) is 0 Å². The third-order valence-electron chi connectivity index (χ3n) is 3.08. The lowest BCUT2D eigenvalue weighted by Crippen LogP contribution is -2.07. The van der Waals surface area contributed by atoms with Gasteiger partial charge in [0.15, 0.2) is 0 Å². The molecule has 0 bridgehead atoms. The number of rotatable bonds is 3. The van der Waals surface area contributed by atoms with Crippen LogP contribution >= 0.6 is 11.6 Å². The minimum absolute atomic E-state index is 0.391. The van der Waals surface area contributed by atoms with Gasteiger partial charge in [-0.05, 0) is 48.9 Å². The van der Waals surface area contributed by atoms with Crippen LogP contribution in [0.2, 0.25) is 5.02 Å². The van der Waals surface area contributed by atoms with Crippen LogP contribution in [-0.4, -0.2) is 15.0 Å². The van der Waals surface area contributed by atoms with E-state index in [9.17, 15) is 0 Å². The first-order chi connectivity index (χ1) is 10.0. The monoisotopic (exact) mass is 299 g/mol. The van der Waals surface area contributed by atoms with Gasteiger partial charge in [0.2, 0.25) is 0 Å². The largest absolute Gasteiger partial charge is 0.386 e. The Morgan fingerprint density at radius 1 is 1.19 bits per heavy atom. The molecule has 0 aliphatic rings. The van der Waals surface area contributed by atoms with Crippen molar-refractivity contribution in [3.8, 4) is 5.69 Å². The van der Waals surface area contributed by atoms with Crippen molar-refractivity contribution in [3.05, 3.63) is 59.4 Å². The Labute approximate surface area is 127 Å². The maximum Gasteiger partial charge on any atom is 0.115 e. The first-order valence-electron chi connectivity index (χ1n) is 6.38. The molecule has 3 aromatic rings. The molecule has 0 saturated carbocycles. The number of aryl methyl sites for hydroxylation is 1.